The zero-order valence-electron chi connectivity index (χ0n) is 12.4. The van der Waals surface area contributed by atoms with Crippen LogP contribution in [0.15, 0.2) is 24.3 Å². The van der Waals surface area contributed by atoms with E-state index in [1.54, 1.807) is 6.07 Å². The number of carboxylic acid groups (broad SMARTS) is 1. The Morgan fingerprint density at radius 1 is 1.30 bits per heavy atom. The van der Waals surface area contributed by atoms with E-state index < -0.39 is 35.1 Å². The van der Waals surface area contributed by atoms with Crippen molar-refractivity contribution in [3.63, 3.8) is 0 Å². The van der Waals surface area contributed by atoms with Crippen LogP contribution in [-0.2, 0) is 15.7 Å². The Kier molecular flexibility index (Phi) is 4.10. The van der Waals surface area contributed by atoms with Crippen LogP contribution >= 0.6 is 0 Å². The van der Waals surface area contributed by atoms with Crippen LogP contribution in [0.4, 0.5) is 13.2 Å². The van der Waals surface area contributed by atoms with Crippen LogP contribution in [0.25, 0.3) is 0 Å². The van der Waals surface area contributed by atoms with Crippen LogP contribution in [0.1, 0.15) is 29.9 Å². The lowest BCUT2D eigenvalue weighted by Gasteiger charge is -2.37. The maximum Gasteiger partial charge on any atom is 0.416 e. The number of halogens is 3. The van der Waals surface area contributed by atoms with Crippen molar-refractivity contribution in [3.05, 3.63) is 35.4 Å². The molecule has 2 atom stereocenters. The van der Waals surface area contributed by atoms with E-state index in [1.807, 2.05) is 0 Å². The highest BCUT2D eigenvalue weighted by Gasteiger charge is 2.54. The van der Waals surface area contributed by atoms with Gasteiger partial charge in [0.2, 0.25) is 0 Å². The predicted octanol–water partition coefficient (Wildman–Crippen LogP) is 2.64. The van der Waals surface area contributed by atoms with Gasteiger partial charge in [-0.25, -0.2) is 0 Å². The molecular formula is C16H18F3NO3. The highest BCUT2D eigenvalue weighted by molar-refractivity contribution is 5.74. The van der Waals surface area contributed by atoms with Crippen molar-refractivity contribution in [2.75, 3.05) is 19.7 Å². The summed E-state index contributed by atoms with van der Waals surface area (Å²) in [7, 11) is 0. The van der Waals surface area contributed by atoms with Gasteiger partial charge in [0, 0.05) is 5.92 Å². The lowest BCUT2D eigenvalue weighted by atomic mass is 9.73. The third kappa shape index (κ3) is 2.95. The van der Waals surface area contributed by atoms with Gasteiger partial charge in [-0.2, -0.15) is 13.2 Å². The summed E-state index contributed by atoms with van der Waals surface area (Å²) in [4.78, 5) is 11.8. The average molecular weight is 329 g/mol. The first-order chi connectivity index (χ1) is 10.8. The molecule has 2 heterocycles. The fourth-order valence-corrected chi connectivity index (χ4v) is 3.75. The predicted molar refractivity (Wildman–Crippen MR) is 76.1 cm³/mol. The lowest BCUT2D eigenvalue weighted by Crippen LogP contribution is -2.49. The minimum atomic E-state index is -4.44. The molecule has 1 spiro atoms. The summed E-state index contributed by atoms with van der Waals surface area (Å²) in [6.45, 7) is 1.44. The maximum atomic E-state index is 12.9. The molecule has 0 saturated carbocycles. The number of piperidine rings is 1. The van der Waals surface area contributed by atoms with Crippen LogP contribution in [0, 0.1) is 5.92 Å². The van der Waals surface area contributed by atoms with E-state index >= 15 is 0 Å². The van der Waals surface area contributed by atoms with E-state index in [0.717, 1.165) is 12.1 Å². The number of hydrogen-bond donors (Lipinski definition) is 2. The second-order valence-electron chi connectivity index (χ2n) is 6.17. The topological polar surface area (TPSA) is 58.6 Å². The molecule has 126 valence electrons. The summed E-state index contributed by atoms with van der Waals surface area (Å²) in [5.41, 5.74) is -1.16. The van der Waals surface area contributed by atoms with Gasteiger partial charge in [-0.1, -0.05) is 18.2 Å². The van der Waals surface area contributed by atoms with Crippen molar-refractivity contribution >= 4 is 5.97 Å². The fourth-order valence-electron chi connectivity index (χ4n) is 3.75. The van der Waals surface area contributed by atoms with Crippen LogP contribution in [0.5, 0.6) is 0 Å². The van der Waals surface area contributed by atoms with Gasteiger partial charge in [-0.15, -0.1) is 0 Å². The monoisotopic (exact) mass is 329 g/mol. The maximum absolute atomic E-state index is 12.9. The van der Waals surface area contributed by atoms with Crippen LogP contribution in [0.2, 0.25) is 0 Å². The molecule has 0 aliphatic carbocycles. The Bertz CT molecular complexity index is 596. The van der Waals surface area contributed by atoms with E-state index in [4.69, 9.17) is 4.74 Å². The van der Waals surface area contributed by atoms with Gasteiger partial charge in [0.1, 0.15) is 0 Å². The summed E-state index contributed by atoms with van der Waals surface area (Å²) >= 11 is 0. The molecule has 1 aromatic carbocycles. The molecule has 0 aromatic heterocycles. The largest absolute Gasteiger partial charge is 0.481 e. The van der Waals surface area contributed by atoms with Crippen molar-refractivity contribution < 1.29 is 27.8 Å². The number of hydrogen-bond acceptors (Lipinski definition) is 3. The first kappa shape index (κ1) is 16.3. The number of benzene rings is 1. The summed E-state index contributed by atoms with van der Waals surface area (Å²) < 4.78 is 44.6. The zero-order chi connectivity index (χ0) is 16.7. The lowest BCUT2D eigenvalue weighted by molar-refractivity contribution is -0.150. The SMILES string of the molecule is O=C(O)C1C(c2cccc(C(F)(F)F)c2)COC12CCNCC2. The summed E-state index contributed by atoms with van der Waals surface area (Å²) in [5.74, 6) is -2.40. The van der Waals surface area contributed by atoms with E-state index in [9.17, 15) is 23.1 Å². The molecule has 2 fully saturated rings. The molecule has 23 heavy (non-hydrogen) atoms. The van der Waals surface area contributed by atoms with E-state index in [2.05, 4.69) is 5.32 Å². The molecule has 1 aromatic rings. The minimum absolute atomic E-state index is 0.137. The Labute approximate surface area is 131 Å². The minimum Gasteiger partial charge on any atom is -0.481 e. The molecule has 2 N–H and O–H groups in total. The quantitative estimate of drug-likeness (QED) is 0.876. The van der Waals surface area contributed by atoms with Gasteiger partial charge < -0.3 is 15.2 Å². The van der Waals surface area contributed by atoms with Crippen molar-refractivity contribution in [2.45, 2.75) is 30.5 Å². The summed E-state index contributed by atoms with van der Waals surface area (Å²) in [6, 6.07) is 4.92. The molecule has 2 aliphatic rings. The first-order valence-corrected chi connectivity index (χ1v) is 7.58. The van der Waals surface area contributed by atoms with Crippen LogP contribution in [0.3, 0.4) is 0 Å². The zero-order valence-corrected chi connectivity index (χ0v) is 12.4. The van der Waals surface area contributed by atoms with Crippen molar-refractivity contribution in [1.29, 1.82) is 0 Å². The second kappa shape index (κ2) is 5.79. The molecule has 7 heteroatoms. The van der Waals surface area contributed by atoms with E-state index in [1.165, 1.54) is 6.07 Å². The van der Waals surface area contributed by atoms with Crippen molar-refractivity contribution in [1.82, 2.24) is 5.32 Å². The third-order valence-electron chi connectivity index (χ3n) is 4.88. The normalized spacial score (nSPS) is 27.3. The highest BCUT2D eigenvalue weighted by atomic mass is 19.4. The van der Waals surface area contributed by atoms with Crippen LogP contribution < -0.4 is 5.32 Å². The first-order valence-electron chi connectivity index (χ1n) is 7.58. The Morgan fingerprint density at radius 2 is 2.00 bits per heavy atom. The van der Waals surface area contributed by atoms with Crippen molar-refractivity contribution in [2.24, 2.45) is 5.92 Å². The molecule has 3 rings (SSSR count). The Balaban J connectivity index is 1.95. The van der Waals surface area contributed by atoms with Crippen LogP contribution in [-0.4, -0.2) is 36.4 Å². The number of nitrogens with one attached hydrogen (secondary N) is 1. The smallest absolute Gasteiger partial charge is 0.416 e. The number of rotatable bonds is 2. The number of aliphatic carboxylic acids is 1. The average Bonchev–Trinajstić information content (AvgIpc) is 2.86. The van der Waals surface area contributed by atoms with Gasteiger partial charge in [0.05, 0.1) is 23.7 Å². The number of carbonyl (C=O) groups is 1. The van der Waals surface area contributed by atoms with Gasteiger partial charge in [-0.3, -0.25) is 4.79 Å². The van der Waals surface area contributed by atoms with Gasteiger partial charge in [0.15, 0.2) is 0 Å². The van der Waals surface area contributed by atoms with E-state index in [-0.39, 0.29) is 6.61 Å². The third-order valence-corrected chi connectivity index (χ3v) is 4.88. The van der Waals surface area contributed by atoms with Crippen molar-refractivity contribution in [3.8, 4) is 0 Å². The van der Waals surface area contributed by atoms with Gasteiger partial charge in [-0.05, 0) is 37.6 Å². The number of ether oxygens (including phenoxy) is 1. The van der Waals surface area contributed by atoms with Gasteiger partial charge >= 0.3 is 12.1 Å². The summed E-state index contributed by atoms with van der Waals surface area (Å²) in [5, 5.41) is 12.8. The number of alkyl halides is 3. The molecule has 2 unspecified atom stereocenters. The molecule has 0 bridgehead atoms. The summed E-state index contributed by atoms with van der Waals surface area (Å²) in [6.07, 6.45) is -3.33. The standard InChI is InChI=1S/C16H18F3NO3/c17-16(18,19)11-3-1-2-10(8-11)12-9-23-15(13(12)14(21)22)4-6-20-7-5-15/h1-3,8,12-13,20H,4-7,9H2,(H,21,22). The Hall–Kier alpha value is -1.60. The molecule has 2 saturated heterocycles. The highest BCUT2D eigenvalue weighted by Crippen LogP contribution is 2.47. The Morgan fingerprint density at radius 3 is 2.61 bits per heavy atom. The molecule has 2 aliphatic heterocycles. The van der Waals surface area contributed by atoms with E-state index in [0.29, 0.717) is 31.5 Å². The second-order valence-corrected chi connectivity index (χ2v) is 6.17. The molecule has 0 radical (unpaired) electrons. The fraction of sp³-hybridized carbons (Fsp3) is 0.562. The molecule has 0 amide bonds. The molecular weight excluding hydrogens is 311 g/mol. The number of carboxylic acids is 1. The molecule has 4 nitrogen and oxygen atoms in total. The van der Waals surface area contributed by atoms with Gasteiger partial charge in [0.25, 0.3) is 0 Å².